The summed E-state index contributed by atoms with van der Waals surface area (Å²) in [7, 11) is -0.626. The van der Waals surface area contributed by atoms with Gasteiger partial charge in [0.05, 0.1) is 16.8 Å². The molecule has 130 valence electrons. The first kappa shape index (κ1) is 17.4. The first-order chi connectivity index (χ1) is 11.1. The van der Waals surface area contributed by atoms with Crippen molar-refractivity contribution in [3.63, 3.8) is 0 Å². The van der Waals surface area contributed by atoms with Crippen LogP contribution in [0.5, 0.6) is 0 Å². The van der Waals surface area contributed by atoms with Crippen LogP contribution in [0.15, 0.2) is 18.2 Å². The van der Waals surface area contributed by atoms with Crippen LogP contribution in [0.2, 0.25) is 0 Å². The van der Waals surface area contributed by atoms with Crippen LogP contribution < -0.4 is 5.46 Å². The zero-order valence-electron chi connectivity index (χ0n) is 15.1. The van der Waals surface area contributed by atoms with Gasteiger partial charge in [0.2, 0.25) is 0 Å². The minimum Gasteiger partial charge on any atom is -0.399 e. The van der Waals surface area contributed by atoms with E-state index in [0.717, 1.165) is 12.8 Å². The van der Waals surface area contributed by atoms with Crippen molar-refractivity contribution in [1.82, 2.24) is 4.90 Å². The number of nitrogens with zero attached hydrogens (tertiary/aromatic N) is 1. The monoisotopic (exact) mass is 333 g/mol. The highest BCUT2D eigenvalue weighted by Gasteiger charge is 2.51. The van der Waals surface area contributed by atoms with Gasteiger partial charge < -0.3 is 14.2 Å². The lowest BCUT2D eigenvalue weighted by molar-refractivity contribution is 0.00578. The number of benzene rings is 1. The van der Waals surface area contributed by atoms with Gasteiger partial charge >= 0.3 is 7.12 Å². The third kappa shape index (κ3) is 2.86. The van der Waals surface area contributed by atoms with Gasteiger partial charge in [-0.1, -0.05) is 6.07 Å². The second kappa shape index (κ2) is 5.85. The van der Waals surface area contributed by atoms with Crippen molar-refractivity contribution >= 4 is 18.5 Å². The molecule has 0 saturated carbocycles. The Balaban J connectivity index is 1.82. The Kier molecular flexibility index (Phi) is 4.25. The summed E-state index contributed by atoms with van der Waals surface area (Å²) < 4.78 is 26.4. The fourth-order valence-corrected chi connectivity index (χ4v) is 3.22. The Hall–Kier alpha value is -1.40. The van der Waals surface area contributed by atoms with E-state index >= 15 is 0 Å². The SMILES string of the molecule is CC1CCCN1C(=O)c1ccc(B2OC(C)(C)C(C)(C)O2)cc1F. The number of amides is 1. The number of carbonyl (C=O) groups excluding carboxylic acids is 1. The highest BCUT2D eigenvalue weighted by molar-refractivity contribution is 6.62. The highest BCUT2D eigenvalue weighted by atomic mass is 19.1. The summed E-state index contributed by atoms with van der Waals surface area (Å²) in [5, 5.41) is 0. The molecule has 2 aliphatic heterocycles. The fourth-order valence-electron chi connectivity index (χ4n) is 3.22. The number of halogens is 1. The largest absolute Gasteiger partial charge is 0.494 e. The summed E-state index contributed by atoms with van der Waals surface area (Å²) in [6.07, 6.45) is 1.94. The fraction of sp³-hybridized carbons (Fsp3) is 0.611. The van der Waals surface area contributed by atoms with Crippen molar-refractivity contribution in [2.75, 3.05) is 6.54 Å². The lowest BCUT2D eigenvalue weighted by Gasteiger charge is -2.32. The Bertz CT molecular complexity index is 646. The van der Waals surface area contributed by atoms with Gasteiger partial charge in [-0.2, -0.15) is 0 Å². The number of hydrogen-bond acceptors (Lipinski definition) is 3. The second-order valence-corrected chi connectivity index (χ2v) is 7.82. The Morgan fingerprint density at radius 2 is 1.88 bits per heavy atom. The minimum absolute atomic E-state index is 0.115. The Morgan fingerprint density at radius 1 is 1.25 bits per heavy atom. The number of rotatable bonds is 2. The predicted molar refractivity (Wildman–Crippen MR) is 91.8 cm³/mol. The molecule has 1 amide bonds. The third-order valence-electron chi connectivity index (χ3n) is 5.56. The van der Waals surface area contributed by atoms with Gasteiger partial charge in [-0.3, -0.25) is 4.79 Å². The van der Waals surface area contributed by atoms with E-state index in [2.05, 4.69) is 0 Å². The zero-order valence-corrected chi connectivity index (χ0v) is 15.1. The molecular formula is C18H25BFNO3. The van der Waals surface area contributed by atoms with E-state index in [4.69, 9.17) is 9.31 Å². The number of hydrogen-bond donors (Lipinski definition) is 0. The van der Waals surface area contributed by atoms with Crippen molar-refractivity contribution in [1.29, 1.82) is 0 Å². The van der Waals surface area contributed by atoms with Gasteiger partial charge in [-0.25, -0.2) is 4.39 Å². The van der Waals surface area contributed by atoms with Gasteiger partial charge in [0, 0.05) is 12.6 Å². The highest BCUT2D eigenvalue weighted by Crippen LogP contribution is 2.36. The average Bonchev–Trinajstić information content (AvgIpc) is 2.99. The molecule has 3 rings (SSSR count). The molecule has 4 nitrogen and oxygen atoms in total. The Labute approximate surface area is 143 Å². The molecule has 0 N–H and O–H groups in total. The molecule has 6 heteroatoms. The van der Waals surface area contributed by atoms with Crippen LogP contribution in [0.25, 0.3) is 0 Å². The molecule has 24 heavy (non-hydrogen) atoms. The first-order valence-electron chi connectivity index (χ1n) is 8.58. The van der Waals surface area contributed by atoms with E-state index in [1.165, 1.54) is 6.07 Å². The van der Waals surface area contributed by atoms with E-state index < -0.39 is 24.1 Å². The predicted octanol–water partition coefficient (Wildman–Crippen LogP) is 2.75. The van der Waals surface area contributed by atoms with E-state index in [1.54, 1.807) is 17.0 Å². The molecule has 2 saturated heterocycles. The average molecular weight is 333 g/mol. The summed E-state index contributed by atoms with van der Waals surface area (Å²) in [5.41, 5.74) is -0.248. The molecule has 1 aromatic rings. The molecule has 0 aliphatic carbocycles. The molecule has 0 radical (unpaired) electrons. The van der Waals surface area contributed by atoms with Crippen LogP contribution in [-0.2, 0) is 9.31 Å². The molecule has 2 fully saturated rings. The zero-order chi connectivity index (χ0) is 17.7. The molecule has 0 spiro atoms. The maximum Gasteiger partial charge on any atom is 0.494 e. The summed E-state index contributed by atoms with van der Waals surface area (Å²) in [6, 6.07) is 4.79. The van der Waals surface area contributed by atoms with Crippen LogP contribution in [-0.4, -0.2) is 41.7 Å². The number of likely N-dealkylation sites (tertiary alicyclic amines) is 1. The third-order valence-corrected chi connectivity index (χ3v) is 5.56. The molecule has 2 heterocycles. The molecule has 0 bridgehead atoms. The molecule has 1 unspecified atom stereocenters. The van der Waals surface area contributed by atoms with Crippen LogP contribution in [0, 0.1) is 5.82 Å². The molecule has 1 atom stereocenters. The minimum atomic E-state index is -0.626. The van der Waals surface area contributed by atoms with Crippen LogP contribution >= 0.6 is 0 Å². The normalized spacial score (nSPS) is 25.3. The maximum atomic E-state index is 14.6. The summed E-state index contributed by atoms with van der Waals surface area (Å²) in [4.78, 5) is 14.3. The summed E-state index contributed by atoms with van der Waals surface area (Å²) >= 11 is 0. The molecular weight excluding hydrogens is 308 g/mol. The first-order valence-corrected chi connectivity index (χ1v) is 8.58. The van der Waals surface area contributed by atoms with E-state index in [9.17, 15) is 9.18 Å². The second-order valence-electron chi connectivity index (χ2n) is 7.82. The van der Waals surface area contributed by atoms with E-state index in [-0.39, 0.29) is 17.5 Å². The molecule has 2 aliphatic rings. The van der Waals surface area contributed by atoms with Gasteiger partial charge in [0.1, 0.15) is 5.82 Å². The van der Waals surface area contributed by atoms with Crippen molar-refractivity contribution in [2.45, 2.75) is 64.7 Å². The van der Waals surface area contributed by atoms with Crippen molar-refractivity contribution < 1.29 is 18.5 Å². The smallest absolute Gasteiger partial charge is 0.399 e. The molecule has 1 aromatic carbocycles. The van der Waals surface area contributed by atoms with Crippen molar-refractivity contribution in [3.8, 4) is 0 Å². The molecule has 0 aromatic heterocycles. The van der Waals surface area contributed by atoms with Gasteiger partial charge in [0.15, 0.2) is 0 Å². The topological polar surface area (TPSA) is 38.8 Å². The van der Waals surface area contributed by atoms with E-state index in [0.29, 0.717) is 12.0 Å². The van der Waals surface area contributed by atoms with Crippen LogP contribution in [0.4, 0.5) is 4.39 Å². The maximum absolute atomic E-state index is 14.6. The standard InChI is InChI=1S/C18H25BFNO3/c1-12-7-6-10-21(12)16(22)14-9-8-13(11-15(14)20)19-23-17(2,3)18(4,5)24-19/h8-9,11-12H,6-7,10H2,1-5H3. The van der Waals surface area contributed by atoms with Gasteiger partial charge in [0.25, 0.3) is 5.91 Å². The van der Waals surface area contributed by atoms with Gasteiger partial charge in [-0.15, -0.1) is 0 Å². The van der Waals surface area contributed by atoms with Crippen LogP contribution in [0.3, 0.4) is 0 Å². The summed E-state index contributed by atoms with van der Waals surface area (Å²) in [5.74, 6) is -0.760. The van der Waals surface area contributed by atoms with Gasteiger partial charge in [-0.05, 0) is 65.1 Å². The van der Waals surface area contributed by atoms with E-state index in [1.807, 2.05) is 34.6 Å². The van der Waals surface area contributed by atoms with Crippen molar-refractivity contribution in [2.24, 2.45) is 0 Å². The van der Waals surface area contributed by atoms with Crippen LogP contribution in [0.1, 0.15) is 57.8 Å². The lowest BCUT2D eigenvalue weighted by Crippen LogP contribution is -2.41. The lowest BCUT2D eigenvalue weighted by atomic mass is 9.78. The summed E-state index contributed by atoms with van der Waals surface area (Å²) in [6.45, 7) is 10.5. The Morgan fingerprint density at radius 3 is 2.38 bits per heavy atom. The quantitative estimate of drug-likeness (QED) is 0.781. The van der Waals surface area contributed by atoms with Crippen molar-refractivity contribution in [3.05, 3.63) is 29.6 Å². The number of carbonyl (C=O) groups is 1.